The van der Waals surface area contributed by atoms with Crippen LogP contribution in [0.4, 0.5) is 0 Å². The Balaban J connectivity index is 2.33. The lowest BCUT2D eigenvalue weighted by molar-refractivity contribution is 0.0914. The molecule has 0 radical (unpaired) electrons. The lowest BCUT2D eigenvalue weighted by Gasteiger charge is -2.29. The van der Waals surface area contributed by atoms with E-state index in [4.69, 9.17) is 4.74 Å². The number of rotatable bonds is 3. The standard InChI is InChI=1S/C16H25NO2/c1-10-8-14(11(2)12(3)16(10)19-4)15(18)13-6-5-7-17-9-13/h8,13,15,17-18H,5-7,9H2,1-4H3. The Morgan fingerprint density at radius 1 is 1.32 bits per heavy atom. The van der Waals surface area contributed by atoms with E-state index in [0.717, 1.165) is 53.9 Å². The minimum Gasteiger partial charge on any atom is -0.496 e. The van der Waals surface area contributed by atoms with Crippen molar-refractivity contribution in [1.29, 1.82) is 0 Å². The van der Waals surface area contributed by atoms with Crippen LogP contribution in [0.3, 0.4) is 0 Å². The van der Waals surface area contributed by atoms with Crippen LogP contribution >= 0.6 is 0 Å². The monoisotopic (exact) mass is 263 g/mol. The Morgan fingerprint density at radius 2 is 2.05 bits per heavy atom. The second kappa shape index (κ2) is 5.93. The van der Waals surface area contributed by atoms with Crippen LogP contribution in [0.15, 0.2) is 6.07 Å². The maximum Gasteiger partial charge on any atom is 0.124 e. The summed E-state index contributed by atoms with van der Waals surface area (Å²) < 4.78 is 5.44. The minimum absolute atomic E-state index is 0.319. The Morgan fingerprint density at radius 3 is 2.63 bits per heavy atom. The summed E-state index contributed by atoms with van der Waals surface area (Å²) in [6, 6.07) is 2.08. The second-order valence-corrected chi connectivity index (χ2v) is 5.62. The highest BCUT2D eigenvalue weighted by Crippen LogP contribution is 2.35. The van der Waals surface area contributed by atoms with Gasteiger partial charge in [-0.25, -0.2) is 0 Å². The van der Waals surface area contributed by atoms with Gasteiger partial charge in [-0.2, -0.15) is 0 Å². The van der Waals surface area contributed by atoms with E-state index in [0.29, 0.717) is 5.92 Å². The van der Waals surface area contributed by atoms with Gasteiger partial charge in [0.15, 0.2) is 0 Å². The van der Waals surface area contributed by atoms with Gasteiger partial charge in [-0.15, -0.1) is 0 Å². The first-order valence-electron chi connectivity index (χ1n) is 7.09. The first kappa shape index (κ1) is 14.4. The van der Waals surface area contributed by atoms with E-state index in [1.165, 1.54) is 0 Å². The Bertz CT molecular complexity index is 451. The third-order valence-electron chi connectivity index (χ3n) is 4.37. The van der Waals surface area contributed by atoms with Crippen molar-refractivity contribution in [2.75, 3.05) is 20.2 Å². The first-order valence-corrected chi connectivity index (χ1v) is 7.09. The molecule has 3 heteroatoms. The fourth-order valence-corrected chi connectivity index (χ4v) is 3.11. The lowest BCUT2D eigenvalue weighted by atomic mass is 9.85. The number of ether oxygens (including phenoxy) is 1. The normalized spacial score (nSPS) is 21.2. The second-order valence-electron chi connectivity index (χ2n) is 5.62. The maximum atomic E-state index is 10.7. The molecule has 106 valence electrons. The average molecular weight is 263 g/mol. The summed E-state index contributed by atoms with van der Waals surface area (Å²) in [4.78, 5) is 0. The molecular formula is C16H25NO2. The van der Waals surface area contributed by atoms with E-state index in [-0.39, 0.29) is 6.10 Å². The average Bonchev–Trinajstić information content (AvgIpc) is 2.43. The number of methoxy groups -OCH3 is 1. The molecular weight excluding hydrogens is 238 g/mol. The van der Waals surface area contributed by atoms with Crippen molar-refractivity contribution >= 4 is 0 Å². The molecule has 0 aromatic heterocycles. The summed E-state index contributed by atoms with van der Waals surface area (Å²) in [5.41, 5.74) is 4.45. The molecule has 1 aromatic carbocycles. The molecule has 2 unspecified atom stereocenters. The van der Waals surface area contributed by atoms with Crippen molar-refractivity contribution < 1.29 is 9.84 Å². The van der Waals surface area contributed by atoms with Crippen molar-refractivity contribution in [1.82, 2.24) is 5.32 Å². The van der Waals surface area contributed by atoms with Crippen LogP contribution in [0.1, 0.15) is 41.2 Å². The van der Waals surface area contributed by atoms with Crippen molar-refractivity contribution in [3.8, 4) is 5.75 Å². The van der Waals surface area contributed by atoms with Crippen molar-refractivity contribution in [2.45, 2.75) is 39.7 Å². The van der Waals surface area contributed by atoms with Gasteiger partial charge in [0.2, 0.25) is 0 Å². The number of aliphatic hydroxyl groups excluding tert-OH is 1. The van der Waals surface area contributed by atoms with Gasteiger partial charge in [0.25, 0.3) is 0 Å². The van der Waals surface area contributed by atoms with Crippen LogP contribution in [0, 0.1) is 26.7 Å². The summed E-state index contributed by atoms with van der Waals surface area (Å²) in [5.74, 6) is 1.26. The molecule has 0 spiro atoms. The molecule has 0 amide bonds. The van der Waals surface area contributed by atoms with Gasteiger partial charge in [0.05, 0.1) is 13.2 Å². The Labute approximate surface area is 116 Å². The zero-order chi connectivity index (χ0) is 14.0. The number of hydrogen-bond donors (Lipinski definition) is 2. The fourth-order valence-electron chi connectivity index (χ4n) is 3.11. The molecule has 1 heterocycles. The molecule has 19 heavy (non-hydrogen) atoms. The Hall–Kier alpha value is -1.06. The predicted molar refractivity (Wildman–Crippen MR) is 77.8 cm³/mol. The topological polar surface area (TPSA) is 41.5 Å². The molecule has 2 rings (SSSR count). The van der Waals surface area contributed by atoms with Gasteiger partial charge in [0, 0.05) is 12.5 Å². The summed E-state index contributed by atoms with van der Waals surface area (Å²) in [6.07, 6.45) is 1.86. The van der Waals surface area contributed by atoms with E-state index in [9.17, 15) is 5.11 Å². The molecule has 1 fully saturated rings. The highest BCUT2D eigenvalue weighted by Gasteiger charge is 2.25. The van der Waals surface area contributed by atoms with Crippen LogP contribution in [0.5, 0.6) is 5.75 Å². The molecule has 1 aromatic rings. The number of aliphatic hydroxyl groups is 1. The summed E-state index contributed by atoms with van der Waals surface area (Å²) in [5, 5.41) is 14.0. The van der Waals surface area contributed by atoms with Gasteiger partial charge in [0.1, 0.15) is 5.75 Å². The van der Waals surface area contributed by atoms with E-state index in [2.05, 4.69) is 25.2 Å². The molecule has 2 atom stereocenters. The van der Waals surface area contributed by atoms with E-state index >= 15 is 0 Å². The van der Waals surface area contributed by atoms with Gasteiger partial charge in [-0.05, 0) is 68.5 Å². The SMILES string of the molecule is COc1c(C)cc(C(O)C2CCCNC2)c(C)c1C. The molecule has 1 aliphatic rings. The first-order chi connectivity index (χ1) is 9.06. The molecule has 1 saturated heterocycles. The molecule has 3 nitrogen and oxygen atoms in total. The molecule has 0 aliphatic carbocycles. The van der Waals surface area contributed by atoms with Crippen LogP contribution in [0.2, 0.25) is 0 Å². The quantitative estimate of drug-likeness (QED) is 0.881. The fraction of sp³-hybridized carbons (Fsp3) is 0.625. The number of hydrogen-bond acceptors (Lipinski definition) is 3. The van der Waals surface area contributed by atoms with Crippen molar-refractivity contribution in [3.05, 3.63) is 28.3 Å². The van der Waals surface area contributed by atoms with E-state index in [1.54, 1.807) is 7.11 Å². The van der Waals surface area contributed by atoms with Crippen LogP contribution in [0.25, 0.3) is 0 Å². The molecule has 2 N–H and O–H groups in total. The number of nitrogens with one attached hydrogen (secondary N) is 1. The molecule has 0 bridgehead atoms. The minimum atomic E-state index is -0.379. The smallest absolute Gasteiger partial charge is 0.124 e. The number of benzene rings is 1. The highest BCUT2D eigenvalue weighted by molar-refractivity contribution is 5.49. The van der Waals surface area contributed by atoms with E-state index < -0.39 is 0 Å². The van der Waals surface area contributed by atoms with Gasteiger partial charge < -0.3 is 15.2 Å². The largest absolute Gasteiger partial charge is 0.496 e. The number of piperidine rings is 1. The summed E-state index contributed by atoms with van der Waals surface area (Å²) >= 11 is 0. The Kier molecular flexibility index (Phi) is 4.48. The van der Waals surface area contributed by atoms with Gasteiger partial charge in [-0.1, -0.05) is 0 Å². The van der Waals surface area contributed by atoms with Crippen LogP contribution in [-0.2, 0) is 0 Å². The maximum absolute atomic E-state index is 10.7. The van der Waals surface area contributed by atoms with Gasteiger partial charge in [-0.3, -0.25) is 0 Å². The van der Waals surface area contributed by atoms with E-state index in [1.807, 2.05) is 6.92 Å². The summed E-state index contributed by atoms with van der Waals surface area (Å²) in [7, 11) is 1.70. The summed E-state index contributed by atoms with van der Waals surface area (Å²) in [6.45, 7) is 8.16. The third-order valence-corrected chi connectivity index (χ3v) is 4.37. The van der Waals surface area contributed by atoms with Crippen molar-refractivity contribution in [3.63, 3.8) is 0 Å². The highest BCUT2D eigenvalue weighted by atomic mass is 16.5. The third kappa shape index (κ3) is 2.77. The van der Waals surface area contributed by atoms with Crippen molar-refractivity contribution in [2.24, 2.45) is 5.92 Å². The molecule has 1 aliphatic heterocycles. The van der Waals surface area contributed by atoms with Crippen LogP contribution < -0.4 is 10.1 Å². The molecule has 0 saturated carbocycles. The zero-order valence-corrected chi connectivity index (χ0v) is 12.4. The number of aryl methyl sites for hydroxylation is 1. The van der Waals surface area contributed by atoms with Gasteiger partial charge >= 0.3 is 0 Å². The zero-order valence-electron chi connectivity index (χ0n) is 12.4. The predicted octanol–water partition coefficient (Wildman–Crippen LogP) is 2.65. The van der Waals surface area contributed by atoms with Crippen LogP contribution in [-0.4, -0.2) is 25.3 Å². The lowest BCUT2D eigenvalue weighted by Crippen LogP contribution is -2.33.